The van der Waals surface area contributed by atoms with E-state index in [1.54, 1.807) is 23.0 Å². The van der Waals surface area contributed by atoms with Gasteiger partial charge in [0.15, 0.2) is 0 Å². The van der Waals surface area contributed by atoms with Crippen molar-refractivity contribution in [1.82, 2.24) is 9.80 Å². The van der Waals surface area contributed by atoms with Crippen molar-refractivity contribution in [3.63, 3.8) is 0 Å². The summed E-state index contributed by atoms with van der Waals surface area (Å²) in [5.74, 6) is -0.117. The second-order valence-corrected chi connectivity index (χ2v) is 6.84. The summed E-state index contributed by atoms with van der Waals surface area (Å²) in [6, 6.07) is 15.0. The number of carbonyl (C=O) groups excluding carboxylic acids is 2. The molecule has 0 fully saturated rings. The van der Waals surface area contributed by atoms with Gasteiger partial charge in [-0.25, -0.2) is 0 Å². The molecule has 1 aliphatic rings. The van der Waals surface area contributed by atoms with Gasteiger partial charge < -0.3 is 9.80 Å². The molecule has 4 nitrogen and oxygen atoms in total. The molecule has 0 radical (unpaired) electrons. The number of carbonyl (C=O) groups is 2. The average molecular weight is 369 g/mol. The zero-order valence-electron chi connectivity index (χ0n) is 14.9. The predicted octanol–water partition coefficient (Wildman–Crippen LogP) is 4.26. The number of benzene rings is 2. The summed E-state index contributed by atoms with van der Waals surface area (Å²) in [6.07, 6.45) is 3.89. The number of halogens is 1. The number of rotatable bonds is 4. The molecule has 0 spiro atoms. The first-order chi connectivity index (χ1) is 12.5. The van der Waals surface area contributed by atoms with E-state index < -0.39 is 0 Å². The molecular weight excluding hydrogens is 348 g/mol. The maximum absolute atomic E-state index is 12.8. The summed E-state index contributed by atoms with van der Waals surface area (Å²) in [6.45, 7) is 1.95. The van der Waals surface area contributed by atoms with Crippen LogP contribution in [-0.2, 0) is 16.1 Å². The van der Waals surface area contributed by atoms with Gasteiger partial charge in [-0.3, -0.25) is 9.59 Å². The standard InChI is InChI=1S/C21H21ClN2O2/c1-15(25)24-12-11-16-7-3-5-9-18(16)20(24)13-21(26)23(2)14-17-8-4-6-10-19(17)22/h3-12,20H,13-14H2,1-2H3. The van der Waals surface area contributed by atoms with Gasteiger partial charge in [-0.2, -0.15) is 0 Å². The van der Waals surface area contributed by atoms with Gasteiger partial charge in [0.2, 0.25) is 11.8 Å². The second kappa shape index (κ2) is 7.75. The van der Waals surface area contributed by atoms with Crippen LogP contribution in [0, 0.1) is 0 Å². The number of hydrogen-bond donors (Lipinski definition) is 0. The molecule has 0 saturated heterocycles. The molecule has 1 atom stereocenters. The fraction of sp³-hybridized carbons (Fsp3) is 0.238. The van der Waals surface area contributed by atoms with E-state index >= 15 is 0 Å². The van der Waals surface area contributed by atoms with E-state index in [0.717, 1.165) is 16.7 Å². The maximum Gasteiger partial charge on any atom is 0.225 e. The molecule has 0 aliphatic carbocycles. The third kappa shape index (κ3) is 3.81. The molecule has 3 rings (SSSR count). The van der Waals surface area contributed by atoms with Gasteiger partial charge >= 0.3 is 0 Å². The van der Waals surface area contributed by atoms with Crippen molar-refractivity contribution in [3.05, 3.63) is 76.4 Å². The number of nitrogens with zero attached hydrogens (tertiary/aromatic N) is 2. The third-order valence-electron chi connectivity index (χ3n) is 4.63. The SMILES string of the molecule is CC(=O)N1C=Cc2ccccc2C1CC(=O)N(C)Cc1ccccc1Cl. The molecule has 2 amide bonds. The van der Waals surface area contributed by atoms with Crippen molar-refractivity contribution in [2.45, 2.75) is 25.9 Å². The van der Waals surface area contributed by atoms with E-state index in [1.807, 2.05) is 54.6 Å². The molecule has 0 saturated carbocycles. The molecular formula is C21H21ClN2O2. The number of hydrogen-bond acceptors (Lipinski definition) is 2. The van der Waals surface area contributed by atoms with Crippen LogP contribution >= 0.6 is 11.6 Å². The molecule has 2 aromatic rings. The lowest BCUT2D eigenvalue weighted by Gasteiger charge is -2.33. The highest BCUT2D eigenvalue weighted by molar-refractivity contribution is 6.31. The summed E-state index contributed by atoms with van der Waals surface area (Å²) in [7, 11) is 1.76. The van der Waals surface area contributed by atoms with Crippen LogP contribution in [0.3, 0.4) is 0 Å². The largest absolute Gasteiger partial charge is 0.341 e. The lowest BCUT2D eigenvalue weighted by molar-refractivity contribution is -0.134. The van der Waals surface area contributed by atoms with Crippen molar-refractivity contribution < 1.29 is 9.59 Å². The fourth-order valence-electron chi connectivity index (χ4n) is 3.20. The first-order valence-corrected chi connectivity index (χ1v) is 8.88. The minimum Gasteiger partial charge on any atom is -0.341 e. The Morgan fingerprint density at radius 2 is 1.81 bits per heavy atom. The van der Waals surface area contributed by atoms with E-state index in [9.17, 15) is 9.59 Å². The van der Waals surface area contributed by atoms with Crippen molar-refractivity contribution in [2.24, 2.45) is 0 Å². The number of fused-ring (bicyclic) bond motifs is 1. The van der Waals surface area contributed by atoms with Crippen molar-refractivity contribution in [3.8, 4) is 0 Å². The van der Waals surface area contributed by atoms with E-state index in [1.165, 1.54) is 6.92 Å². The van der Waals surface area contributed by atoms with Crippen LogP contribution in [0.15, 0.2) is 54.7 Å². The van der Waals surface area contributed by atoms with Gasteiger partial charge in [0, 0.05) is 31.7 Å². The minimum atomic E-state index is -0.296. The van der Waals surface area contributed by atoms with Crippen LogP contribution in [0.5, 0.6) is 0 Å². The van der Waals surface area contributed by atoms with Gasteiger partial charge in [-0.05, 0) is 28.8 Å². The Morgan fingerprint density at radius 1 is 1.12 bits per heavy atom. The minimum absolute atomic E-state index is 0.0359. The number of amides is 2. The lowest BCUT2D eigenvalue weighted by Crippen LogP contribution is -2.35. The van der Waals surface area contributed by atoms with Crippen molar-refractivity contribution in [2.75, 3.05) is 7.05 Å². The monoisotopic (exact) mass is 368 g/mol. The van der Waals surface area contributed by atoms with Gasteiger partial charge in [0.1, 0.15) is 0 Å². The molecule has 0 aromatic heterocycles. The highest BCUT2D eigenvalue weighted by atomic mass is 35.5. The summed E-state index contributed by atoms with van der Waals surface area (Å²) in [4.78, 5) is 28.1. The van der Waals surface area contributed by atoms with Crippen LogP contribution in [0.4, 0.5) is 0 Å². The molecule has 1 unspecified atom stereocenters. The van der Waals surface area contributed by atoms with E-state index in [0.29, 0.717) is 11.6 Å². The summed E-state index contributed by atoms with van der Waals surface area (Å²) < 4.78 is 0. The van der Waals surface area contributed by atoms with Crippen LogP contribution in [-0.4, -0.2) is 28.7 Å². The van der Waals surface area contributed by atoms with Crippen LogP contribution < -0.4 is 0 Å². The Bertz CT molecular complexity index is 863. The molecule has 26 heavy (non-hydrogen) atoms. The van der Waals surface area contributed by atoms with Gasteiger partial charge in [-0.1, -0.05) is 54.1 Å². The average Bonchev–Trinajstić information content (AvgIpc) is 2.63. The fourth-order valence-corrected chi connectivity index (χ4v) is 3.40. The van der Waals surface area contributed by atoms with Crippen molar-refractivity contribution >= 4 is 29.5 Å². The third-order valence-corrected chi connectivity index (χ3v) is 5.00. The Hall–Kier alpha value is -2.59. The predicted molar refractivity (Wildman–Crippen MR) is 103 cm³/mol. The highest BCUT2D eigenvalue weighted by Crippen LogP contribution is 2.33. The first-order valence-electron chi connectivity index (χ1n) is 8.51. The maximum atomic E-state index is 12.8. The Morgan fingerprint density at radius 3 is 2.54 bits per heavy atom. The van der Waals surface area contributed by atoms with Crippen LogP contribution in [0.2, 0.25) is 5.02 Å². The Balaban J connectivity index is 1.79. The van der Waals surface area contributed by atoms with Gasteiger partial charge in [0.05, 0.1) is 12.5 Å². The highest BCUT2D eigenvalue weighted by Gasteiger charge is 2.29. The zero-order chi connectivity index (χ0) is 18.7. The van der Waals surface area contributed by atoms with Gasteiger partial charge in [0.25, 0.3) is 0 Å². The topological polar surface area (TPSA) is 40.6 Å². The quantitative estimate of drug-likeness (QED) is 0.808. The van der Waals surface area contributed by atoms with Crippen molar-refractivity contribution in [1.29, 1.82) is 0 Å². The molecule has 2 aromatic carbocycles. The summed E-state index contributed by atoms with van der Waals surface area (Å²) in [5, 5.41) is 0.642. The van der Waals surface area contributed by atoms with E-state index in [4.69, 9.17) is 11.6 Å². The molecule has 5 heteroatoms. The van der Waals surface area contributed by atoms with Crippen LogP contribution in [0.1, 0.15) is 36.1 Å². The Kier molecular flexibility index (Phi) is 5.43. The van der Waals surface area contributed by atoms with Crippen LogP contribution in [0.25, 0.3) is 6.08 Å². The van der Waals surface area contributed by atoms with E-state index in [-0.39, 0.29) is 24.3 Å². The molecule has 1 aliphatic heterocycles. The molecule has 134 valence electrons. The molecule has 0 bridgehead atoms. The first kappa shape index (κ1) is 18.2. The summed E-state index contributed by atoms with van der Waals surface area (Å²) in [5.41, 5.74) is 2.93. The second-order valence-electron chi connectivity index (χ2n) is 6.43. The molecule has 0 N–H and O–H groups in total. The van der Waals surface area contributed by atoms with E-state index in [2.05, 4.69) is 0 Å². The summed E-state index contributed by atoms with van der Waals surface area (Å²) >= 11 is 6.20. The Labute approximate surface area is 158 Å². The normalized spacial score (nSPS) is 15.5. The lowest BCUT2D eigenvalue weighted by atomic mass is 9.93. The van der Waals surface area contributed by atoms with Gasteiger partial charge in [-0.15, -0.1) is 0 Å². The smallest absolute Gasteiger partial charge is 0.225 e. The molecule has 1 heterocycles. The zero-order valence-corrected chi connectivity index (χ0v) is 15.6.